The van der Waals surface area contributed by atoms with E-state index < -0.39 is 72.5 Å². The molecule has 0 unspecified atom stereocenters. The molecule has 3 amide bonds. The van der Waals surface area contributed by atoms with E-state index in [9.17, 15) is 40.7 Å². The van der Waals surface area contributed by atoms with E-state index in [1.165, 1.54) is 12.1 Å². The summed E-state index contributed by atoms with van der Waals surface area (Å²) >= 11 is 0. The van der Waals surface area contributed by atoms with Crippen LogP contribution >= 0.6 is 0 Å². The molecule has 0 radical (unpaired) electrons. The maximum Gasteiger partial charge on any atom is 0.395 e. The lowest BCUT2D eigenvalue weighted by Crippen LogP contribution is -2.55. The summed E-state index contributed by atoms with van der Waals surface area (Å²) in [5, 5.41) is 6.43. The summed E-state index contributed by atoms with van der Waals surface area (Å²) in [6.07, 6.45) is -7.19. The van der Waals surface area contributed by atoms with Crippen molar-refractivity contribution in [3.63, 3.8) is 0 Å². The molecule has 0 bridgehead atoms. The number of rotatable bonds is 11. The van der Waals surface area contributed by atoms with Crippen molar-refractivity contribution in [3.05, 3.63) is 59.7 Å². The van der Waals surface area contributed by atoms with Crippen molar-refractivity contribution in [2.75, 3.05) is 6.54 Å². The van der Waals surface area contributed by atoms with Crippen LogP contribution in [0.3, 0.4) is 0 Å². The third-order valence-electron chi connectivity index (χ3n) is 7.80. The van der Waals surface area contributed by atoms with E-state index in [1.807, 2.05) is 10.6 Å². The van der Waals surface area contributed by atoms with Gasteiger partial charge in [-0.1, -0.05) is 48.5 Å². The molecule has 1 heterocycles. The maximum atomic E-state index is 14.6. The highest BCUT2D eigenvalue weighted by atomic mass is 19.4. The van der Waals surface area contributed by atoms with Gasteiger partial charge in [0.15, 0.2) is 0 Å². The van der Waals surface area contributed by atoms with Crippen molar-refractivity contribution in [1.29, 1.82) is 0 Å². The van der Waals surface area contributed by atoms with Gasteiger partial charge >= 0.3 is 6.18 Å². The molecule has 2 aromatic rings. The molecule has 1 saturated heterocycles. The van der Waals surface area contributed by atoms with Crippen LogP contribution in [-0.4, -0.2) is 54.6 Å². The normalized spacial score (nSPS) is 21.5. The smallest absolute Gasteiger partial charge is 0.369 e. The molecule has 1 aliphatic heterocycles. The average Bonchev–Trinajstić information content (AvgIpc) is 3.64. The Morgan fingerprint density at radius 2 is 1.55 bits per heavy atom. The molecule has 2 aromatic carbocycles. The van der Waals surface area contributed by atoms with E-state index >= 15 is 0 Å². The molecule has 0 spiro atoms. The largest absolute Gasteiger partial charge is 0.395 e. The fourth-order valence-electron chi connectivity index (χ4n) is 5.26. The van der Waals surface area contributed by atoms with Gasteiger partial charge in [-0.25, -0.2) is 13.2 Å². The predicted molar refractivity (Wildman–Crippen MR) is 142 cm³/mol. The van der Waals surface area contributed by atoms with E-state index in [0.29, 0.717) is 18.4 Å². The molecule has 2 fully saturated rings. The van der Waals surface area contributed by atoms with E-state index in [-0.39, 0.29) is 11.5 Å². The molecule has 42 heavy (non-hydrogen) atoms. The Morgan fingerprint density at radius 3 is 2.00 bits per heavy atom. The number of hydrogen-bond donors (Lipinski definition) is 4. The number of alkyl halides is 6. The highest BCUT2D eigenvalue weighted by Gasteiger charge is 2.52. The lowest BCUT2D eigenvalue weighted by molar-refractivity contribution is -0.176. The van der Waals surface area contributed by atoms with Crippen molar-refractivity contribution in [2.24, 2.45) is 11.7 Å². The van der Waals surface area contributed by atoms with Crippen molar-refractivity contribution in [1.82, 2.24) is 16.0 Å². The molecule has 0 aromatic heterocycles. The number of amides is 3. The van der Waals surface area contributed by atoms with Crippen LogP contribution in [0.15, 0.2) is 48.5 Å². The first kappa shape index (κ1) is 31.3. The first-order valence-corrected chi connectivity index (χ1v) is 13.4. The minimum absolute atomic E-state index is 0.0530. The molecule has 5 N–H and O–H groups in total. The summed E-state index contributed by atoms with van der Waals surface area (Å²) in [6, 6.07) is 7.68. The number of benzene rings is 2. The lowest BCUT2D eigenvalue weighted by Gasteiger charge is -2.30. The van der Waals surface area contributed by atoms with Gasteiger partial charge < -0.3 is 16.4 Å². The summed E-state index contributed by atoms with van der Waals surface area (Å²) in [7, 11) is 0. The van der Waals surface area contributed by atoms with Crippen LogP contribution in [0.2, 0.25) is 0 Å². The monoisotopic (exact) mass is 598 g/mol. The quantitative estimate of drug-likeness (QED) is 0.292. The van der Waals surface area contributed by atoms with Gasteiger partial charge in [0.25, 0.3) is 6.43 Å². The number of carbonyl (C=O) groups excluding carboxylic acids is 3. The topological polar surface area (TPSA) is 113 Å². The number of nitrogens with two attached hydrogens (primary N) is 1. The van der Waals surface area contributed by atoms with Crippen LogP contribution < -0.4 is 21.7 Å². The molecule has 228 valence electrons. The van der Waals surface area contributed by atoms with Crippen LogP contribution in [0, 0.1) is 5.92 Å². The van der Waals surface area contributed by atoms with Gasteiger partial charge in [0.2, 0.25) is 17.7 Å². The zero-order valence-corrected chi connectivity index (χ0v) is 22.9. The van der Waals surface area contributed by atoms with Crippen LogP contribution in [0.5, 0.6) is 0 Å². The number of halogens is 6. The second-order valence-electron chi connectivity index (χ2n) is 11.5. The molecule has 4 atom stereocenters. The van der Waals surface area contributed by atoms with E-state index in [4.69, 9.17) is 5.73 Å². The second-order valence-corrected chi connectivity index (χ2v) is 11.5. The summed E-state index contributed by atoms with van der Waals surface area (Å²) in [5.41, 5.74) is 5.09. The van der Waals surface area contributed by atoms with Crippen molar-refractivity contribution >= 4 is 17.7 Å². The number of hydrogen-bond acceptors (Lipinski definition) is 4. The van der Waals surface area contributed by atoms with E-state index in [2.05, 4.69) is 5.32 Å². The number of nitrogens with one attached hydrogen (secondary N) is 3. The highest BCUT2D eigenvalue weighted by molar-refractivity contribution is 5.91. The van der Waals surface area contributed by atoms with Gasteiger partial charge in [0, 0.05) is 13.0 Å². The molecule has 13 heteroatoms. The minimum atomic E-state index is -4.81. The maximum absolute atomic E-state index is 14.6. The van der Waals surface area contributed by atoms with Gasteiger partial charge in [-0.3, -0.25) is 19.7 Å². The number of primary amides is 1. The Kier molecular flexibility index (Phi) is 8.64. The Morgan fingerprint density at radius 1 is 1.00 bits per heavy atom. The Bertz CT molecular complexity index is 1300. The van der Waals surface area contributed by atoms with Gasteiger partial charge in [0.05, 0.1) is 17.5 Å². The molecular weight excluding hydrogens is 566 g/mol. The van der Waals surface area contributed by atoms with Crippen LogP contribution in [0.1, 0.15) is 50.3 Å². The molecule has 1 aliphatic carbocycles. The van der Waals surface area contributed by atoms with Gasteiger partial charge in [-0.05, 0) is 48.9 Å². The fourth-order valence-corrected chi connectivity index (χ4v) is 5.26. The highest BCUT2D eigenvalue weighted by Crippen LogP contribution is 2.48. The standard InChI is InChI=1S/C29H32F6N4O3/c1-27(2,32)13-20(24(40)39-22-19(29(33,34)35)14-37-25(22)41)38-21(23(30)31)17-5-3-15(4-6-17)16-7-9-18(10-8-16)28(11-12-28)26(36)42/h3-10,19-23,38H,11-14H2,1-2H3,(H2,36,42)(H,37,41)(H,39,40)/t19-,20-,21-,22-/m0/s1. The molecule has 7 nitrogen and oxygen atoms in total. The van der Waals surface area contributed by atoms with Crippen molar-refractivity contribution < 1.29 is 40.7 Å². The Hall–Kier alpha value is -3.61. The Balaban J connectivity index is 1.52. The number of carbonyl (C=O) groups is 3. The zero-order valence-electron chi connectivity index (χ0n) is 22.9. The third kappa shape index (κ3) is 6.88. The van der Waals surface area contributed by atoms with Gasteiger partial charge in [0.1, 0.15) is 17.6 Å². The van der Waals surface area contributed by atoms with Crippen molar-refractivity contribution in [3.8, 4) is 11.1 Å². The van der Waals surface area contributed by atoms with Crippen LogP contribution in [-0.2, 0) is 19.8 Å². The molecule has 4 rings (SSSR count). The van der Waals surface area contributed by atoms with Gasteiger partial charge in [-0.2, -0.15) is 13.2 Å². The SMILES string of the molecule is CC(C)(F)C[C@H](N[C@@H](c1ccc(-c2ccc(C3(C(N)=O)CC3)cc2)cc1)C(F)F)C(=O)N[C@@H]1C(=O)NC[C@@H]1C(F)(F)F. The second kappa shape index (κ2) is 11.6. The average molecular weight is 599 g/mol. The van der Waals surface area contributed by atoms with E-state index in [0.717, 1.165) is 25.0 Å². The third-order valence-corrected chi connectivity index (χ3v) is 7.80. The summed E-state index contributed by atoms with van der Waals surface area (Å²) in [6.45, 7) is 1.45. The summed E-state index contributed by atoms with van der Waals surface area (Å²) in [4.78, 5) is 36.8. The summed E-state index contributed by atoms with van der Waals surface area (Å²) in [5.74, 6) is -4.88. The lowest BCUT2D eigenvalue weighted by atomic mass is 9.92. The van der Waals surface area contributed by atoms with Crippen LogP contribution in [0.4, 0.5) is 26.3 Å². The Labute approximate surface area is 238 Å². The first-order valence-electron chi connectivity index (χ1n) is 13.4. The first-order chi connectivity index (χ1) is 19.5. The van der Waals surface area contributed by atoms with Crippen LogP contribution in [0.25, 0.3) is 11.1 Å². The van der Waals surface area contributed by atoms with E-state index in [1.54, 1.807) is 36.4 Å². The van der Waals surface area contributed by atoms with Gasteiger partial charge in [-0.15, -0.1) is 0 Å². The molecular formula is C29H32F6N4O3. The molecule has 2 aliphatic rings. The predicted octanol–water partition coefficient (Wildman–Crippen LogP) is 4.07. The fraction of sp³-hybridized carbons (Fsp3) is 0.483. The van der Waals surface area contributed by atoms with Crippen molar-refractivity contribution in [2.45, 2.75) is 74.9 Å². The summed E-state index contributed by atoms with van der Waals surface area (Å²) < 4.78 is 83.2. The minimum Gasteiger partial charge on any atom is -0.369 e. The zero-order chi connectivity index (χ0) is 31.0. The molecule has 1 saturated carbocycles.